The third-order valence-corrected chi connectivity index (χ3v) is 2.78. The fourth-order valence-electron chi connectivity index (χ4n) is 1.31. The maximum absolute atomic E-state index is 7.50. The molecule has 9 heteroatoms. The standard InChI is InChI=1S/C14H10Se.6CO.2Fe/c15-14(13-9-5-2-6-10-13)11-12-7-3-1-4-8-12;6*1-2;;/h1-10H;;;;;;;;/q-1;;;;;;;;. The summed E-state index contributed by atoms with van der Waals surface area (Å²) in [7, 11) is 0. The molecule has 0 heterocycles. The van der Waals surface area contributed by atoms with Crippen LogP contribution in [0, 0.1) is 46.0 Å². The molecule has 0 aliphatic rings. The molecule has 149 valence electrons. The van der Waals surface area contributed by atoms with E-state index in [2.05, 4.69) is 74.1 Å². The van der Waals surface area contributed by atoms with E-state index in [1.54, 1.807) is 0 Å². The molecular formula is C20H10Fe2O6Se-. The Kier molecular flexibility index (Phi) is 79.2. The van der Waals surface area contributed by atoms with Gasteiger partial charge in [0.25, 0.3) is 0 Å². The van der Waals surface area contributed by atoms with Crippen molar-refractivity contribution in [3.05, 3.63) is 118 Å². The fourth-order valence-corrected chi connectivity index (χ4v) is 1.85. The van der Waals surface area contributed by atoms with E-state index >= 15 is 0 Å². The van der Waals surface area contributed by atoms with Gasteiger partial charge in [0.2, 0.25) is 0 Å². The van der Waals surface area contributed by atoms with E-state index in [9.17, 15) is 0 Å². The Morgan fingerprint density at radius 1 is 0.552 bits per heavy atom. The first-order valence-corrected chi connectivity index (χ1v) is 6.86. The number of hydrogen-bond acceptors (Lipinski definition) is 0. The van der Waals surface area contributed by atoms with E-state index in [1.807, 2.05) is 48.5 Å². The summed E-state index contributed by atoms with van der Waals surface area (Å²) in [5.41, 5.74) is 2.26. The predicted molar refractivity (Wildman–Crippen MR) is 88.0 cm³/mol. The minimum atomic E-state index is 0. The van der Waals surface area contributed by atoms with E-state index in [1.165, 1.54) is 5.56 Å². The summed E-state index contributed by atoms with van der Waals surface area (Å²) in [4.78, 5) is 0. The van der Waals surface area contributed by atoms with Gasteiger partial charge in [0.05, 0.1) is 0 Å². The Bertz CT molecular complexity index is 659. The molecule has 2 aromatic rings. The Labute approximate surface area is 199 Å². The van der Waals surface area contributed by atoms with Gasteiger partial charge in [0, 0.05) is 34.1 Å². The topological polar surface area (TPSA) is 119 Å². The van der Waals surface area contributed by atoms with Crippen LogP contribution in [0.2, 0.25) is 0 Å². The second-order valence-electron chi connectivity index (χ2n) is 3.19. The summed E-state index contributed by atoms with van der Waals surface area (Å²) in [6.45, 7) is 27.0. The van der Waals surface area contributed by atoms with Crippen molar-refractivity contribution in [3.8, 4) is 0 Å². The summed E-state index contributed by atoms with van der Waals surface area (Å²) in [6.07, 6.45) is 3.32. The van der Waals surface area contributed by atoms with E-state index in [0.29, 0.717) is 0 Å². The van der Waals surface area contributed by atoms with Gasteiger partial charge in [0.15, 0.2) is 0 Å². The van der Waals surface area contributed by atoms with Gasteiger partial charge < -0.3 is 0 Å². The van der Waals surface area contributed by atoms with Crippen LogP contribution in [0.25, 0.3) is 4.47 Å². The molecule has 0 unspecified atom stereocenters. The monoisotopic (exact) mass is 538 g/mol. The second kappa shape index (κ2) is 50.2. The first-order chi connectivity index (χ1) is 13.4. The Hall–Kier alpha value is -1.82. The molecule has 0 bridgehead atoms. The number of hydrogen-bond donors (Lipinski definition) is 0. The summed E-state index contributed by atoms with van der Waals surface area (Å²) >= 11 is 3.05. The van der Waals surface area contributed by atoms with Crippen molar-refractivity contribution in [1.82, 2.24) is 0 Å². The molecule has 0 fully saturated rings. The molecule has 0 aliphatic heterocycles. The molecule has 0 aliphatic carbocycles. The Morgan fingerprint density at radius 2 is 0.828 bits per heavy atom. The van der Waals surface area contributed by atoms with Crippen LogP contribution in [-0.2, 0) is 62.1 Å². The van der Waals surface area contributed by atoms with Gasteiger partial charge in [0.1, 0.15) is 0 Å². The summed E-state index contributed by atoms with van der Waals surface area (Å²) in [6, 6.07) is 20.3. The SMILES string of the molecule is [C-]#[O+].[C-]#[O+].[C-]#[O+].[C-]#[O+].[C-]#[O+].[C-]#[O+].[Fe].[Fe].[Se]C(=[C-]c1ccccc1)c1ccccc1. The predicted octanol–water partition coefficient (Wildman–Crippen LogP) is 2.82. The first kappa shape index (κ1) is 45.7. The Morgan fingerprint density at radius 3 is 1.14 bits per heavy atom. The quantitative estimate of drug-likeness (QED) is 0.243. The van der Waals surface area contributed by atoms with Crippen LogP contribution in [0.1, 0.15) is 11.1 Å². The molecule has 1 radical (unpaired) electrons. The molecule has 0 saturated carbocycles. The van der Waals surface area contributed by atoms with Crippen LogP contribution in [-0.4, -0.2) is 16.0 Å². The van der Waals surface area contributed by atoms with Crippen LogP contribution in [0.3, 0.4) is 0 Å². The zero-order chi connectivity index (χ0) is 22.5. The van der Waals surface area contributed by atoms with Crippen molar-refractivity contribution in [1.29, 1.82) is 0 Å². The van der Waals surface area contributed by atoms with E-state index in [0.717, 1.165) is 10.0 Å². The van der Waals surface area contributed by atoms with Gasteiger partial charge in [-0.15, -0.1) is 0 Å². The van der Waals surface area contributed by atoms with Gasteiger partial charge in [-0.2, -0.15) is 0 Å². The molecule has 0 atom stereocenters. The molecule has 0 amide bonds. The van der Waals surface area contributed by atoms with Crippen LogP contribution in [0.4, 0.5) is 0 Å². The average molecular weight is 537 g/mol. The van der Waals surface area contributed by atoms with Crippen molar-refractivity contribution in [2.24, 2.45) is 0 Å². The molecule has 6 nitrogen and oxygen atoms in total. The summed E-state index contributed by atoms with van der Waals surface area (Å²) < 4.78 is 46.0. The van der Waals surface area contributed by atoms with Crippen molar-refractivity contribution in [3.63, 3.8) is 0 Å². The first-order valence-electron chi connectivity index (χ1n) is 6.00. The number of benzene rings is 2. The molecule has 2 rings (SSSR count). The zero-order valence-corrected chi connectivity index (χ0v) is 18.3. The molecule has 2 aromatic carbocycles. The van der Waals surface area contributed by atoms with Crippen molar-refractivity contribution >= 4 is 20.5 Å². The van der Waals surface area contributed by atoms with Crippen LogP contribution >= 0.6 is 0 Å². The number of rotatable bonds is 2. The van der Waals surface area contributed by atoms with Crippen LogP contribution in [0.15, 0.2) is 60.7 Å². The van der Waals surface area contributed by atoms with E-state index < -0.39 is 0 Å². The van der Waals surface area contributed by atoms with Gasteiger partial charge >= 0.3 is 166 Å². The molecule has 0 N–H and O–H groups in total. The van der Waals surface area contributed by atoms with Crippen molar-refractivity contribution in [2.75, 3.05) is 0 Å². The van der Waals surface area contributed by atoms with Crippen LogP contribution in [0.5, 0.6) is 0 Å². The fraction of sp³-hybridized carbons (Fsp3) is 0. The third-order valence-electron chi connectivity index (χ3n) is 2.07. The zero-order valence-electron chi connectivity index (χ0n) is 14.3. The minimum absolute atomic E-state index is 0. The van der Waals surface area contributed by atoms with Gasteiger partial charge in [-0.3, -0.25) is 0 Å². The van der Waals surface area contributed by atoms with Crippen LogP contribution < -0.4 is 0 Å². The second-order valence-corrected chi connectivity index (χ2v) is 4.04. The molecule has 0 aromatic heterocycles. The normalized spacial score (nSPS) is 6.28. The third kappa shape index (κ3) is 31.1. The molecule has 29 heavy (non-hydrogen) atoms. The summed E-state index contributed by atoms with van der Waals surface area (Å²) in [5, 5.41) is 0. The van der Waals surface area contributed by atoms with E-state index in [4.69, 9.17) is 27.9 Å². The Balaban J connectivity index is -0.0000000601. The van der Waals surface area contributed by atoms with Crippen molar-refractivity contribution < 1.29 is 62.1 Å². The molecule has 0 saturated heterocycles. The van der Waals surface area contributed by atoms with Gasteiger partial charge in [-0.1, -0.05) is 0 Å². The summed E-state index contributed by atoms with van der Waals surface area (Å²) in [5.74, 6) is 0. The average Bonchev–Trinajstić information content (AvgIpc) is 2.83. The van der Waals surface area contributed by atoms with Crippen molar-refractivity contribution in [2.45, 2.75) is 0 Å². The molecule has 0 spiro atoms. The van der Waals surface area contributed by atoms with Gasteiger partial charge in [-0.05, 0) is 0 Å². The molecular weight excluding hydrogens is 527 g/mol. The van der Waals surface area contributed by atoms with Gasteiger partial charge in [-0.25, -0.2) is 0 Å². The maximum atomic E-state index is 7.50. The van der Waals surface area contributed by atoms with E-state index in [-0.39, 0.29) is 34.1 Å².